The van der Waals surface area contributed by atoms with Gasteiger partial charge in [-0.3, -0.25) is 4.79 Å². The van der Waals surface area contributed by atoms with Crippen molar-refractivity contribution in [2.75, 3.05) is 33.7 Å². The van der Waals surface area contributed by atoms with E-state index in [-0.39, 0.29) is 17.9 Å². The number of nitrogens with zero attached hydrogens (tertiary/aromatic N) is 1. The minimum Gasteiger partial charge on any atom is -0.354 e. The molecule has 1 aromatic heterocycles. The number of likely N-dealkylation sites (N-methyl/N-ethyl adjacent to an activating group) is 1. The first-order valence-electron chi connectivity index (χ1n) is 6.78. The third kappa shape index (κ3) is 3.55. The maximum Gasteiger partial charge on any atom is 0.224 e. The van der Waals surface area contributed by atoms with E-state index in [1.54, 1.807) is 11.3 Å². The molecular formula is C14H23N3OS. The predicted octanol–water partition coefficient (Wildman–Crippen LogP) is 1.32. The van der Waals surface area contributed by atoms with E-state index in [1.165, 1.54) is 4.88 Å². The van der Waals surface area contributed by atoms with Gasteiger partial charge < -0.3 is 15.5 Å². The molecule has 0 bridgehead atoms. The number of nitrogens with one attached hydrogen (secondary N) is 2. The number of hydrogen-bond acceptors (Lipinski definition) is 4. The molecule has 2 N–H and O–H groups in total. The highest BCUT2D eigenvalue weighted by Crippen LogP contribution is 2.23. The largest absolute Gasteiger partial charge is 0.354 e. The number of rotatable bonds is 5. The Morgan fingerprint density at radius 1 is 1.58 bits per heavy atom. The Kier molecular flexibility index (Phi) is 4.96. The van der Waals surface area contributed by atoms with Gasteiger partial charge in [0.1, 0.15) is 0 Å². The minimum atomic E-state index is 0.117. The fraction of sp³-hybridized carbons (Fsp3) is 0.643. The molecule has 0 aromatic carbocycles. The van der Waals surface area contributed by atoms with Gasteiger partial charge in [-0.1, -0.05) is 13.0 Å². The molecule has 3 atom stereocenters. The van der Waals surface area contributed by atoms with E-state index in [9.17, 15) is 4.79 Å². The molecule has 19 heavy (non-hydrogen) atoms. The summed E-state index contributed by atoms with van der Waals surface area (Å²) >= 11 is 1.74. The summed E-state index contributed by atoms with van der Waals surface area (Å²) in [6.07, 6.45) is 0. The van der Waals surface area contributed by atoms with Crippen LogP contribution in [0.2, 0.25) is 0 Å². The lowest BCUT2D eigenvalue weighted by atomic mass is 9.97. The van der Waals surface area contributed by atoms with E-state index < -0.39 is 0 Å². The van der Waals surface area contributed by atoms with Gasteiger partial charge in [-0.2, -0.15) is 0 Å². The van der Waals surface area contributed by atoms with Crippen molar-refractivity contribution < 1.29 is 4.79 Å². The number of amides is 1. The van der Waals surface area contributed by atoms with E-state index in [4.69, 9.17) is 0 Å². The molecular weight excluding hydrogens is 258 g/mol. The topological polar surface area (TPSA) is 44.4 Å². The number of hydrogen-bond donors (Lipinski definition) is 2. The summed E-state index contributed by atoms with van der Waals surface area (Å²) in [5.41, 5.74) is 0. The van der Waals surface area contributed by atoms with Gasteiger partial charge in [0, 0.05) is 18.0 Å². The van der Waals surface area contributed by atoms with Crippen molar-refractivity contribution in [2.45, 2.75) is 13.0 Å². The molecule has 1 fully saturated rings. The molecule has 1 unspecified atom stereocenters. The van der Waals surface area contributed by atoms with Crippen LogP contribution in [-0.2, 0) is 4.79 Å². The van der Waals surface area contributed by atoms with Crippen LogP contribution in [0.1, 0.15) is 17.8 Å². The first-order valence-corrected chi connectivity index (χ1v) is 7.66. The van der Waals surface area contributed by atoms with Crippen molar-refractivity contribution in [3.8, 4) is 0 Å². The highest BCUT2D eigenvalue weighted by atomic mass is 32.1. The number of thiophene rings is 1. The van der Waals surface area contributed by atoms with Crippen LogP contribution in [-0.4, -0.2) is 44.5 Å². The highest BCUT2D eigenvalue weighted by Gasteiger charge is 2.30. The van der Waals surface area contributed by atoms with Crippen LogP contribution < -0.4 is 10.6 Å². The number of carbonyl (C=O) groups excluding carboxylic acids is 1. The van der Waals surface area contributed by atoms with Crippen molar-refractivity contribution in [3.05, 3.63) is 22.4 Å². The van der Waals surface area contributed by atoms with Crippen molar-refractivity contribution >= 4 is 17.2 Å². The van der Waals surface area contributed by atoms with Crippen LogP contribution in [0.15, 0.2) is 17.5 Å². The van der Waals surface area contributed by atoms with E-state index in [1.807, 2.05) is 0 Å². The molecule has 106 valence electrons. The Labute approximate surface area is 119 Å². The second kappa shape index (κ2) is 6.50. The summed E-state index contributed by atoms with van der Waals surface area (Å²) in [6, 6.07) is 4.44. The molecule has 0 spiro atoms. The molecule has 5 heteroatoms. The summed E-state index contributed by atoms with van der Waals surface area (Å²) in [5, 5.41) is 8.46. The maximum atomic E-state index is 12.2. The molecule has 1 aromatic rings. The smallest absolute Gasteiger partial charge is 0.224 e. The fourth-order valence-corrected chi connectivity index (χ4v) is 3.43. The molecule has 2 heterocycles. The van der Waals surface area contributed by atoms with Crippen LogP contribution >= 0.6 is 11.3 Å². The van der Waals surface area contributed by atoms with Crippen LogP contribution in [0.4, 0.5) is 0 Å². The molecule has 2 rings (SSSR count). The van der Waals surface area contributed by atoms with E-state index in [2.05, 4.69) is 54.1 Å². The molecule has 1 amide bonds. The summed E-state index contributed by atoms with van der Waals surface area (Å²) < 4.78 is 0. The standard InChI is InChI=1S/C14H23N3OS/c1-10-7-15-8-11(10)14(18)16-9-12(17(2)3)13-5-4-6-19-13/h4-6,10-12,15H,7-9H2,1-3H3,(H,16,18)/t10-,11-,12?/m1/s1. The third-order valence-electron chi connectivity index (χ3n) is 3.82. The second-order valence-corrected chi connectivity index (χ2v) is 6.46. The van der Waals surface area contributed by atoms with Crippen molar-refractivity contribution in [3.63, 3.8) is 0 Å². The summed E-state index contributed by atoms with van der Waals surface area (Å²) in [5.74, 6) is 0.728. The molecule has 4 nitrogen and oxygen atoms in total. The van der Waals surface area contributed by atoms with Crippen LogP contribution in [0.25, 0.3) is 0 Å². The van der Waals surface area contributed by atoms with E-state index in [0.717, 1.165) is 13.1 Å². The highest BCUT2D eigenvalue weighted by molar-refractivity contribution is 7.10. The predicted molar refractivity (Wildman–Crippen MR) is 79.3 cm³/mol. The lowest BCUT2D eigenvalue weighted by molar-refractivity contribution is -0.125. The molecule has 1 saturated heterocycles. The van der Waals surface area contributed by atoms with Gasteiger partial charge in [-0.05, 0) is 38.0 Å². The summed E-state index contributed by atoms with van der Waals surface area (Å²) in [4.78, 5) is 15.6. The molecule has 0 saturated carbocycles. The Hall–Kier alpha value is -0.910. The van der Waals surface area contributed by atoms with Gasteiger partial charge in [-0.15, -0.1) is 11.3 Å². The fourth-order valence-electron chi connectivity index (χ4n) is 2.51. The second-order valence-electron chi connectivity index (χ2n) is 5.48. The summed E-state index contributed by atoms with van der Waals surface area (Å²) in [6.45, 7) is 4.56. The monoisotopic (exact) mass is 281 g/mol. The average molecular weight is 281 g/mol. The van der Waals surface area contributed by atoms with Crippen molar-refractivity contribution in [1.29, 1.82) is 0 Å². The van der Waals surface area contributed by atoms with Gasteiger partial charge in [-0.25, -0.2) is 0 Å². The Balaban J connectivity index is 1.90. The van der Waals surface area contributed by atoms with Gasteiger partial charge in [0.05, 0.1) is 12.0 Å². The molecule has 1 aliphatic rings. The van der Waals surface area contributed by atoms with Gasteiger partial charge in [0.2, 0.25) is 5.91 Å². The third-order valence-corrected chi connectivity index (χ3v) is 4.79. The number of carbonyl (C=O) groups is 1. The Morgan fingerprint density at radius 3 is 2.89 bits per heavy atom. The average Bonchev–Trinajstić information content (AvgIpc) is 3.00. The van der Waals surface area contributed by atoms with Gasteiger partial charge in [0.15, 0.2) is 0 Å². The van der Waals surface area contributed by atoms with Crippen LogP contribution in [0, 0.1) is 11.8 Å². The van der Waals surface area contributed by atoms with E-state index in [0.29, 0.717) is 12.5 Å². The zero-order chi connectivity index (χ0) is 13.8. The normalized spacial score (nSPS) is 24.6. The molecule has 1 aliphatic heterocycles. The molecule has 0 aliphatic carbocycles. The lowest BCUT2D eigenvalue weighted by Crippen LogP contribution is -2.39. The maximum absolute atomic E-state index is 12.2. The van der Waals surface area contributed by atoms with Crippen LogP contribution in [0.5, 0.6) is 0 Å². The SMILES string of the molecule is C[C@@H]1CNC[C@H]1C(=O)NCC(c1cccs1)N(C)C. The quantitative estimate of drug-likeness (QED) is 0.855. The lowest BCUT2D eigenvalue weighted by Gasteiger charge is -2.24. The first-order chi connectivity index (χ1) is 9.09. The zero-order valence-corrected chi connectivity index (χ0v) is 12.7. The first kappa shape index (κ1) is 14.5. The van der Waals surface area contributed by atoms with Crippen LogP contribution in [0.3, 0.4) is 0 Å². The summed E-state index contributed by atoms with van der Waals surface area (Å²) in [7, 11) is 4.10. The van der Waals surface area contributed by atoms with Crippen molar-refractivity contribution in [2.24, 2.45) is 11.8 Å². The van der Waals surface area contributed by atoms with Crippen molar-refractivity contribution in [1.82, 2.24) is 15.5 Å². The zero-order valence-electron chi connectivity index (χ0n) is 11.8. The molecule has 0 radical (unpaired) electrons. The van der Waals surface area contributed by atoms with Gasteiger partial charge >= 0.3 is 0 Å². The minimum absolute atomic E-state index is 0.117. The van der Waals surface area contributed by atoms with E-state index >= 15 is 0 Å². The Bertz CT molecular complexity index is 405. The van der Waals surface area contributed by atoms with Gasteiger partial charge in [0.25, 0.3) is 0 Å². The Morgan fingerprint density at radius 2 is 2.37 bits per heavy atom.